The summed E-state index contributed by atoms with van der Waals surface area (Å²) in [6.45, 7) is 8.55. The van der Waals surface area contributed by atoms with E-state index < -0.39 is 29.7 Å². The van der Waals surface area contributed by atoms with Gasteiger partial charge in [0.2, 0.25) is 0 Å². The number of nitrogens with one attached hydrogen (secondary N) is 1. The van der Waals surface area contributed by atoms with Gasteiger partial charge in [-0.05, 0) is 26.3 Å². The number of hydrogen-bond acceptors (Lipinski definition) is 6. The van der Waals surface area contributed by atoms with E-state index in [4.69, 9.17) is 14.2 Å². The first-order chi connectivity index (χ1) is 12.2. The normalized spacial score (nSPS) is 11.8. The molecule has 1 atom stereocenters. The number of amides is 1. The van der Waals surface area contributed by atoms with Crippen molar-refractivity contribution >= 4 is 18.0 Å². The number of ether oxygens (including phenoxy) is 3. The monoisotopic (exact) mass is 363 g/mol. The largest absolute Gasteiger partial charge is 0.461 e. The summed E-state index contributed by atoms with van der Waals surface area (Å²) in [5, 5.41) is 2.35. The molecule has 0 aliphatic carbocycles. The average Bonchev–Trinajstić information content (AvgIpc) is 2.57. The fraction of sp³-hybridized carbons (Fsp3) is 0.421. The van der Waals surface area contributed by atoms with Gasteiger partial charge in [-0.2, -0.15) is 0 Å². The molecule has 0 saturated heterocycles. The Labute approximate surface area is 153 Å². The predicted octanol–water partition coefficient (Wildman–Crippen LogP) is 2.74. The molecule has 0 aliphatic rings. The molecule has 0 bridgehead atoms. The molecule has 1 aromatic rings. The number of rotatable bonds is 8. The van der Waals surface area contributed by atoms with Gasteiger partial charge in [0.15, 0.2) is 0 Å². The molecule has 0 fully saturated rings. The molecule has 1 amide bonds. The molecule has 0 aromatic heterocycles. The molecule has 0 saturated carbocycles. The van der Waals surface area contributed by atoms with E-state index in [2.05, 4.69) is 11.9 Å². The van der Waals surface area contributed by atoms with Gasteiger partial charge in [-0.15, -0.1) is 0 Å². The van der Waals surface area contributed by atoms with Crippen molar-refractivity contribution in [1.82, 2.24) is 5.32 Å². The number of benzene rings is 1. The molecule has 0 spiro atoms. The first-order valence-corrected chi connectivity index (χ1v) is 8.18. The number of carbonyl (C=O) groups excluding carboxylic acids is 3. The predicted molar refractivity (Wildman–Crippen MR) is 95.2 cm³/mol. The zero-order valence-electron chi connectivity index (χ0n) is 15.3. The number of esters is 2. The summed E-state index contributed by atoms with van der Waals surface area (Å²) in [6.07, 6.45) is 0.201. The lowest BCUT2D eigenvalue weighted by Gasteiger charge is -2.24. The Morgan fingerprint density at radius 1 is 1.15 bits per heavy atom. The Hall–Kier alpha value is -2.83. The molecule has 7 nitrogen and oxygen atoms in total. The lowest BCUT2D eigenvalue weighted by molar-refractivity contribution is -0.160. The van der Waals surface area contributed by atoms with Crippen molar-refractivity contribution in [2.45, 2.75) is 45.4 Å². The van der Waals surface area contributed by atoms with Crippen LogP contribution in [0, 0.1) is 0 Å². The molecule has 1 unspecified atom stereocenters. The van der Waals surface area contributed by atoms with Gasteiger partial charge in [-0.1, -0.05) is 43.0 Å². The second kappa shape index (κ2) is 10.2. The van der Waals surface area contributed by atoms with E-state index in [1.165, 1.54) is 6.08 Å². The minimum Gasteiger partial charge on any atom is -0.461 e. The van der Waals surface area contributed by atoms with E-state index in [-0.39, 0.29) is 19.6 Å². The minimum atomic E-state index is -1.21. The molecular weight excluding hydrogens is 338 g/mol. The molecule has 0 heterocycles. The quantitative estimate of drug-likeness (QED) is 0.434. The summed E-state index contributed by atoms with van der Waals surface area (Å²) in [6, 6.07) is 7.86. The van der Waals surface area contributed by atoms with Crippen LogP contribution in [0.25, 0.3) is 0 Å². The average molecular weight is 363 g/mol. The van der Waals surface area contributed by atoms with Crippen LogP contribution in [0.1, 0.15) is 32.8 Å². The van der Waals surface area contributed by atoms with E-state index in [0.29, 0.717) is 0 Å². The first kappa shape index (κ1) is 21.2. The molecule has 7 heteroatoms. The van der Waals surface area contributed by atoms with Gasteiger partial charge in [0.05, 0.1) is 6.42 Å². The first-order valence-electron chi connectivity index (χ1n) is 8.18. The molecular formula is C19H25NO6. The van der Waals surface area contributed by atoms with Crippen molar-refractivity contribution in [3.05, 3.63) is 48.6 Å². The van der Waals surface area contributed by atoms with Gasteiger partial charge < -0.3 is 19.5 Å². The highest BCUT2D eigenvalue weighted by Crippen LogP contribution is 2.11. The summed E-state index contributed by atoms with van der Waals surface area (Å²) >= 11 is 0. The third-order valence-electron chi connectivity index (χ3n) is 2.93. The lowest BCUT2D eigenvalue weighted by atomic mass is 10.1. The van der Waals surface area contributed by atoms with Crippen LogP contribution < -0.4 is 5.32 Å². The summed E-state index contributed by atoms with van der Waals surface area (Å²) in [5.74, 6) is -1.41. The maximum absolute atomic E-state index is 12.3. The van der Waals surface area contributed by atoms with Crippen molar-refractivity contribution in [3.8, 4) is 0 Å². The van der Waals surface area contributed by atoms with Gasteiger partial charge in [0.1, 0.15) is 24.9 Å². The van der Waals surface area contributed by atoms with Crippen LogP contribution in [0.5, 0.6) is 0 Å². The van der Waals surface area contributed by atoms with Crippen LogP contribution >= 0.6 is 0 Å². The fourth-order valence-electron chi connectivity index (χ4n) is 1.85. The minimum absolute atomic E-state index is 0.0122. The van der Waals surface area contributed by atoms with Crippen molar-refractivity contribution in [2.24, 2.45) is 0 Å². The lowest BCUT2D eigenvalue weighted by Crippen LogP contribution is -2.45. The maximum Gasteiger partial charge on any atom is 0.408 e. The van der Waals surface area contributed by atoms with Crippen molar-refractivity contribution in [1.29, 1.82) is 0 Å². The van der Waals surface area contributed by atoms with E-state index in [1.54, 1.807) is 32.9 Å². The summed E-state index contributed by atoms with van der Waals surface area (Å²) in [5.41, 5.74) is 0.0255. The van der Waals surface area contributed by atoms with E-state index in [1.807, 2.05) is 18.2 Å². The molecule has 142 valence electrons. The van der Waals surface area contributed by atoms with Gasteiger partial charge in [-0.25, -0.2) is 9.59 Å². The molecule has 1 rings (SSSR count). The molecule has 1 N–H and O–H groups in total. The molecule has 0 radical (unpaired) electrons. The van der Waals surface area contributed by atoms with E-state index in [0.717, 1.165) is 5.56 Å². The standard InChI is InChI=1S/C19H25NO6/c1-5-11-24-16(21)12-15(17(22)26-19(2,3)4)20-18(23)25-13-14-9-7-6-8-10-14/h5-10,15H,1,11-13H2,2-4H3,(H,20,23). The highest BCUT2D eigenvalue weighted by atomic mass is 16.6. The summed E-state index contributed by atoms with van der Waals surface area (Å²) in [4.78, 5) is 36.0. The van der Waals surface area contributed by atoms with Gasteiger partial charge in [0.25, 0.3) is 0 Å². The van der Waals surface area contributed by atoms with Crippen LogP contribution in [-0.2, 0) is 30.4 Å². The van der Waals surface area contributed by atoms with Gasteiger partial charge >= 0.3 is 18.0 Å². The van der Waals surface area contributed by atoms with Crippen LogP contribution in [0.15, 0.2) is 43.0 Å². The SMILES string of the molecule is C=CCOC(=O)CC(NC(=O)OCc1ccccc1)C(=O)OC(C)(C)C. The summed E-state index contributed by atoms with van der Waals surface area (Å²) in [7, 11) is 0. The molecule has 0 aliphatic heterocycles. The Morgan fingerprint density at radius 3 is 2.38 bits per heavy atom. The van der Waals surface area contributed by atoms with Crippen LogP contribution in [0.4, 0.5) is 4.79 Å². The topological polar surface area (TPSA) is 90.9 Å². The Balaban J connectivity index is 2.67. The van der Waals surface area contributed by atoms with Crippen LogP contribution in [0.2, 0.25) is 0 Å². The number of carbonyl (C=O) groups is 3. The highest BCUT2D eigenvalue weighted by Gasteiger charge is 2.29. The third kappa shape index (κ3) is 8.86. The Morgan fingerprint density at radius 2 is 1.81 bits per heavy atom. The van der Waals surface area contributed by atoms with Crippen LogP contribution in [0.3, 0.4) is 0 Å². The summed E-state index contributed by atoms with van der Waals surface area (Å²) < 4.78 is 15.2. The van der Waals surface area contributed by atoms with E-state index in [9.17, 15) is 14.4 Å². The zero-order chi connectivity index (χ0) is 19.6. The second-order valence-corrected chi connectivity index (χ2v) is 6.47. The smallest absolute Gasteiger partial charge is 0.408 e. The van der Waals surface area contributed by atoms with E-state index >= 15 is 0 Å². The maximum atomic E-state index is 12.3. The fourth-order valence-corrected chi connectivity index (χ4v) is 1.85. The number of hydrogen-bond donors (Lipinski definition) is 1. The van der Waals surface area contributed by atoms with Gasteiger partial charge in [-0.3, -0.25) is 4.79 Å². The van der Waals surface area contributed by atoms with Crippen LogP contribution in [-0.4, -0.2) is 36.3 Å². The Kier molecular flexibility index (Phi) is 8.34. The Bertz CT molecular complexity index is 621. The van der Waals surface area contributed by atoms with Gasteiger partial charge in [0, 0.05) is 0 Å². The van der Waals surface area contributed by atoms with Crippen molar-refractivity contribution in [3.63, 3.8) is 0 Å². The van der Waals surface area contributed by atoms with Crippen molar-refractivity contribution in [2.75, 3.05) is 6.61 Å². The zero-order valence-corrected chi connectivity index (χ0v) is 15.3. The highest BCUT2D eigenvalue weighted by molar-refractivity contribution is 5.86. The molecule has 26 heavy (non-hydrogen) atoms. The second-order valence-electron chi connectivity index (χ2n) is 6.47. The molecule has 1 aromatic carbocycles. The van der Waals surface area contributed by atoms with Crippen molar-refractivity contribution < 1.29 is 28.6 Å². The number of alkyl carbamates (subject to hydrolysis) is 1. The third-order valence-corrected chi connectivity index (χ3v) is 2.93.